The predicted molar refractivity (Wildman–Crippen MR) is 63.3 cm³/mol. The highest BCUT2D eigenvalue weighted by Gasteiger charge is 2.15. The highest BCUT2D eigenvalue weighted by Crippen LogP contribution is 2.03. The van der Waals surface area contributed by atoms with E-state index >= 15 is 0 Å². The minimum Gasteiger partial charge on any atom is -0.445 e. The first-order valence-electron chi connectivity index (χ1n) is 5.84. The number of amides is 1. The fourth-order valence-electron chi connectivity index (χ4n) is 1.54. The van der Waals surface area contributed by atoms with Crippen LogP contribution in [0.5, 0.6) is 0 Å². The fourth-order valence-corrected chi connectivity index (χ4v) is 1.54. The van der Waals surface area contributed by atoms with Gasteiger partial charge in [0.2, 0.25) is 0 Å². The summed E-state index contributed by atoms with van der Waals surface area (Å²) in [5.74, 6) is 0.760. The minimum atomic E-state index is -0.551. The molecular weight excluding hydrogens is 224 g/mol. The number of methoxy groups -OCH3 is 1. The van der Waals surface area contributed by atoms with Crippen LogP contribution < -0.4 is 0 Å². The van der Waals surface area contributed by atoms with Crippen LogP contribution in [0.2, 0.25) is 0 Å². The summed E-state index contributed by atoms with van der Waals surface area (Å²) in [4.78, 5) is 17.4. The first-order valence-corrected chi connectivity index (χ1v) is 5.84. The molecule has 0 spiro atoms. The predicted octanol–water partition coefficient (Wildman–Crippen LogP) is 0.910. The second-order valence-corrected chi connectivity index (χ2v) is 3.59. The Kier molecular flexibility index (Phi) is 6.57. The maximum Gasteiger partial charge on any atom is 0.435 e. The van der Waals surface area contributed by atoms with Crippen molar-refractivity contribution in [3.8, 4) is 0 Å². The van der Waals surface area contributed by atoms with Gasteiger partial charge in [-0.05, 0) is 0 Å². The topological polar surface area (TPSA) is 60.4 Å². The Bertz CT molecular complexity index is 262. The molecule has 1 heterocycles. The molecule has 0 unspecified atom stereocenters. The molecule has 1 aliphatic heterocycles. The molecule has 1 saturated heterocycles. The Morgan fingerprint density at radius 2 is 2.06 bits per heavy atom. The lowest BCUT2D eigenvalue weighted by Crippen LogP contribution is -2.40. The third-order valence-electron chi connectivity index (χ3n) is 2.43. The second-order valence-electron chi connectivity index (χ2n) is 3.59. The standard InChI is InChI=1S/C11H20N2O4/c1-3-10(13-4-6-16-7-5-13)12-11(14)17-9-8-15-2/h3-9H2,1-2H3/b12-10-. The van der Waals surface area contributed by atoms with Gasteiger partial charge in [0.1, 0.15) is 12.4 Å². The quantitative estimate of drug-likeness (QED) is 0.418. The van der Waals surface area contributed by atoms with Gasteiger partial charge in [0.05, 0.1) is 19.8 Å². The van der Waals surface area contributed by atoms with E-state index in [0.29, 0.717) is 26.2 Å². The number of hydrogen-bond donors (Lipinski definition) is 0. The minimum absolute atomic E-state index is 0.235. The number of carbonyl (C=O) groups is 1. The average molecular weight is 244 g/mol. The largest absolute Gasteiger partial charge is 0.445 e. The summed E-state index contributed by atoms with van der Waals surface area (Å²) in [6, 6.07) is 0. The first kappa shape index (κ1) is 13.9. The van der Waals surface area contributed by atoms with Gasteiger partial charge in [0.25, 0.3) is 0 Å². The number of rotatable bonds is 4. The lowest BCUT2D eigenvalue weighted by molar-refractivity contribution is 0.0668. The lowest BCUT2D eigenvalue weighted by Gasteiger charge is -2.29. The summed E-state index contributed by atoms with van der Waals surface area (Å²) in [6.45, 7) is 5.50. The van der Waals surface area contributed by atoms with E-state index in [0.717, 1.165) is 18.9 Å². The van der Waals surface area contributed by atoms with Gasteiger partial charge in [-0.15, -0.1) is 0 Å². The van der Waals surface area contributed by atoms with Crippen LogP contribution in [-0.2, 0) is 14.2 Å². The molecule has 6 nitrogen and oxygen atoms in total. The van der Waals surface area contributed by atoms with Crippen LogP contribution in [0.15, 0.2) is 4.99 Å². The molecule has 98 valence electrons. The van der Waals surface area contributed by atoms with Crippen molar-refractivity contribution in [3.63, 3.8) is 0 Å². The monoisotopic (exact) mass is 244 g/mol. The van der Waals surface area contributed by atoms with Crippen LogP contribution in [0.1, 0.15) is 13.3 Å². The van der Waals surface area contributed by atoms with Gasteiger partial charge >= 0.3 is 6.09 Å². The molecule has 0 bridgehead atoms. The van der Waals surface area contributed by atoms with Crippen molar-refractivity contribution in [3.05, 3.63) is 0 Å². The zero-order valence-corrected chi connectivity index (χ0v) is 10.5. The molecule has 0 saturated carbocycles. The van der Waals surface area contributed by atoms with E-state index in [1.165, 1.54) is 0 Å². The zero-order valence-electron chi connectivity index (χ0n) is 10.5. The van der Waals surface area contributed by atoms with Gasteiger partial charge in [-0.25, -0.2) is 4.79 Å². The molecule has 0 radical (unpaired) electrons. The summed E-state index contributed by atoms with van der Waals surface area (Å²) in [6.07, 6.45) is 0.157. The molecule has 0 aromatic rings. The number of aliphatic imine (C=N–C) groups is 1. The number of morpholine rings is 1. The van der Waals surface area contributed by atoms with Crippen molar-refractivity contribution in [2.45, 2.75) is 13.3 Å². The molecule has 6 heteroatoms. The molecule has 1 amide bonds. The molecule has 0 aliphatic carbocycles. The SMILES string of the molecule is CC/C(=N/C(=O)OCCOC)N1CCOCC1. The van der Waals surface area contributed by atoms with Crippen LogP contribution >= 0.6 is 0 Å². The van der Waals surface area contributed by atoms with Crippen molar-refractivity contribution < 1.29 is 19.0 Å². The van der Waals surface area contributed by atoms with Gasteiger partial charge in [0, 0.05) is 26.6 Å². The number of nitrogens with zero attached hydrogens (tertiary/aromatic N) is 2. The molecule has 17 heavy (non-hydrogen) atoms. The first-order chi connectivity index (χ1) is 8.27. The molecule has 0 N–H and O–H groups in total. The van der Waals surface area contributed by atoms with Crippen LogP contribution in [0.25, 0.3) is 0 Å². The summed E-state index contributed by atoms with van der Waals surface area (Å²) >= 11 is 0. The molecule has 1 rings (SSSR count). The average Bonchev–Trinajstić information content (AvgIpc) is 2.37. The van der Waals surface area contributed by atoms with E-state index in [9.17, 15) is 4.79 Å². The third kappa shape index (κ3) is 5.14. The van der Waals surface area contributed by atoms with Crippen LogP contribution in [-0.4, -0.2) is 63.5 Å². The Labute approximate surface area is 102 Å². The fraction of sp³-hybridized carbons (Fsp3) is 0.818. The van der Waals surface area contributed by atoms with E-state index in [1.807, 2.05) is 6.92 Å². The van der Waals surface area contributed by atoms with E-state index in [2.05, 4.69) is 9.89 Å². The van der Waals surface area contributed by atoms with Crippen molar-refractivity contribution in [2.75, 3.05) is 46.6 Å². The van der Waals surface area contributed by atoms with Gasteiger partial charge in [-0.2, -0.15) is 4.99 Å². The Morgan fingerprint density at radius 3 is 2.65 bits per heavy atom. The lowest BCUT2D eigenvalue weighted by atomic mass is 10.3. The van der Waals surface area contributed by atoms with Gasteiger partial charge in [-0.3, -0.25) is 0 Å². The summed E-state index contributed by atoms with van der Waals surface area (Å²) in [5.41, 5.74) is 0. The van der Waals surface area contributed by atoms with Crippen molar-refractivity contribution in [1.29, 1.82) is 0 Å². The molecule has 1 aliphatic rings. The summed E-state index contributed by atoms with van der Waals surface area (Å²) < 4.78 is 14.9. The number of hydrogen-bond acceptors (Lipinski definition) is 4. The maximum absolute atomic E-state index is 11.4. The summed E-state index contributed by atoms with van der Waals surface area (Å²) in [5, 5.41) is 0. The van der Waals surface area contributed by atoms with E-state index < -0.39 is 6.09 Å². The van der Waals surface area contributed by atoms with Crippen LogP contribution in [0.4, 0.5) is 4.79 Å². The van der Waals surface area contributed by atoms with Crippen LogP contribution in [0.3, 0.4) is 0 Å². The Balaban J connectivity index is 2.43. The normalized spacial score (nSPS) is 17.1. The Morgan fingerprint density at radius 1 is 1.35 bits per heavy atom. The second kappa shape index (κ2) is 8.03. The van der Waals surface area contributed by atoms with E-state index in [1.54, 1.807) is 7.11 Å². The molecule has 1 fully saturated rings. The molecule has 0 atom stereocenters. The number of carbonyl (C=O) groups excluding carboxylic acids is 1. The van der Waals surface area contributed by atoms with Gasteiger partial charge < -0.3 is 19.1 Å². The van der Waals surface area contributed by atoms with Crippen molar-refractivity contribution in [2.24, 2.45) is 4.99 Å². The molecular formula is C11H20N2O4. The number of ether oxygens (including phenoxy) is 3. The highest BCUT2D eigenvalue weighted by atomic mass is 16.6. The van der Waals surface area contributed by atoms with E-state index in [-0.39, 0.29) is 6.61 Å². The maximum atomic E-state index is 11.4. The van der Waals surface area contributed by atoms with E-state index in [4.69, 9.17) is 14.2 Å². The van der Waals surface area contributed by atoms with Crippen molar-refractivity contribution in [1.82, 2.24) is 4.90 Å². The number of amidine groups is 1. The zero-order chi connectivity index (χ0) is 12.5. The van der Waals surface area contributed by atoms with Crippen molar-refractivity contribution >= 4 is 11.9 Å². The van der Waals surface area contributed by atoms with Gasteiger partial charge in [0.15, 0.2) is 0 Å². The highest BCUT2D eigenvalue weighted by molar-refractivity contribution is 5.91. The molecule has 0 aromatic heterocycles. The van der Waals surface area contributed by atoms with Crippen LogP contribution in [0, 0.1) is 0 Å². The third-order valence-corrected chi connectivity index (χ3v) is 2.43. The summed E-state index contributed by atoms with van der Waals surface area (Å²) in [7, 11) is 1.56. The smallest absolute Gasteiger partial charge is 0.435 e. The Hall–Kier alpha value is -1.14. The van der Waals surface area contributed by atoms with Gasteiger partial charge in [-0.1, -0.05) is 6.92 Å². The molecule has 0 aromatic carbocycles.